The van der Waals surface area contributed by atoms with Crippen molar-refractivity contribution in [3.8, 4) is 0 Å². The summed E-state index contributed by atoms with van der Waals surface area (Å²) in [5.41, 5.74) is 1.99. The quantitative estimate of drug-likeness (QED) is 0.636. The molecule has 0 atom stereocenters. The summed E-state index contributed by atoms with van der Waals surface area (Å²) in [4.78, 5) is 20.2. The number of quaternary nitrogens is 2. The Morgan fingerprint density at radius 3 is 2.46 bits per heavy atom. The topological polar surface area (TPSA) is 56.1 Å². The van der Waals surface area contributed by atoms with E-state index in [2.05, 4.69) is 22.2 Å². The lowest BCUT2D eigenvalue weighted by atomic mass is 10.2. The van der Waals surface area contributed by atoms with Crippen LogP contribution in [-0.4, -0.2) is 40.8 Å². The van der Waals surface area contributed by atoms with Crippen molar-refractivity contribution in [2.45, 2.75) is 20.0 Å². The lowest BCUT2D eigenvalue weighted by molar-refractivity contribution is -1.02. The Morgan fingerprint density at radius 2 is 1.77 bits per heavy atom. The predicted octanol–water partition coefficient (Wildman–Crippen LogP) is -0.404. The maximum atomic E-state index is 12.0. The van der Waals surface area contributed by atoms with E-state index in [1.165, 1.54) is 32.4 Å². The molecule has 1 aliphatic heterocycles. The molecule has 6 nitrogen and oxygen atoms in total. The van der Waals surface area contributed by atoms with Gasteiger partial charge < -0.3 is 9.80 Å². The molecular formula is C18H22ClN5OS+2. The monoisotopic (exact) mass is 391 g/mol. The number of aryl methyl sites for hydroxylation is 1. The molecule has 26 heavy (non-hydrogen) atoms. The van der Waals surface area contributed by atoms with Crippen LogP contribution in [0.15, 0.2) is 35.1 Å². The Morgan fingerprint density at radius 1 is 1.12 bits per heavy atom. The average molecular weight is 392 g/mol. The molecule has 136 valence electrons. The maximum Gasteiger partial charge on any atom is 0.275 e. The van der Waals surface area contributed by atoms with Crippen molar-refractivity contribution in [1.29, 1.82) is 0 Å². The van der Waals surface area contributed by atoms with Crippen LogP contribution < -0.4 is 15.4 Å². The molecule has 0 spiro atoms. The lowest BCUT2D eigenvalue weighted by Crippen LogP contribution is -3.27. The number of piperazine rings is 1. The van der Waals surface area contributed by atoms with Crippen LogP contribution in [0.3, 0.4) is 0 Å². The fraction of sp³-hybridized carbons (Fsp3) is 0.389. The van der Waals surface area contributed by atoms with Crippen LogP contribution >= 0.6 is 22.9 Å². The largest absolute Gasteiger partial charge is 0.322 e. The number of aromatic nitrogens is 3. The van der Waals surface area contributed by atoms with E-state index in [1.807, 2.05) is 19.1 Å². The molecule has 0 bridgehead atoms. The van der Waals surface area contributed by atoms with Gasteiger partial charge in [0.05, 0.1) is 0 Å². The molecule has 1 aliphatic rings. The first-order valence-electron chi connectivity index (χ1n) is 8.85. The van der Waals surface area contributed by atoms with Crippen LogP contribution in [0.5, 0.6) is 0 Å². The Labute approximate surface area is 160 Å². The smallest absolute Gasteiger partial charge is 0.275 e. The molecule has 0 amide bonds. The van der Waals surface area contributed by atoms with Crippen LogP contribution in [0.4, 0.5) is 0 Å². The molecule has 1 saturated heterocycles. The van der Waals surface area contributed by atoms with Crippen LogP contribution in [-0.2, 0) is 13.1 Å². The summed E-state index contributed by atoms with van der Waals surface area (Å²) in [6, 6.07) is 9.68. The maximum absolute atomic E-state index is 12.0. The van der Waals surface area contributed by atoms with Crippen LogP contribution in [0.2, 0.25) is 5.02 Å². The molecule has 1 fully saturated rings. The molecule has 1 aromatic carbocycles. The molecule has 3 aromatic rings. The van der Waals surface area contributed by atoms with Crippen molar-refractivity contribution in [1.82, 2.24) is 14.6 Å². The summed E-state index contributed by atoms with van der Waals surface area (Å²) in [5, 5.41) is 6.23. The molecule has 3 heterocycles. The number of nitrogens with zero attached hydrogens (tertiary/aromatic N) is 3. The number of benzene rings is 1. The summed E-state index contributed by atoms with van der Waals surface area (Å²) in [7, 11) is 0. The van der Waals surface area contributed by atoms with Gasteiger partial charge in [-0.3, -0.25) is 4.79 Å². The fourth-order valence-corrected chi connectivity index (χ4v) is 4.59. The number of rotatable bonds is 4. The van der Waals surface area contributed by atoms with E-state index in [0.717, 1.165) is 55.0 Å². The number of fused-ring (bicyclic) bond motifs is 1. The number of nitrogens with one attached hydrogen (secondary N) is 2. The Balaban J connectivity index is 1.36. The highest BCUT2D eigenvalue weighted by Crippen LogP contribution is 2.10. The minimum Gasteiger partial charge on any atom is -0.322 e. The zero-order valence-corrected chi connectivity index (χ0v) is 16.2. The Bertz CT molecular complexity index is 960. The van der Waals surface area contributed by atoms with Crippen molar-refractivity contribution in [2.75, 3.05) is 26.2 Å². The molecule has 0 saturated carbocycles. The van der Waals surface area contributed by atoms with Gasteiger partial charge in [-0.2, -0.15) is 9.61 Å². The second kappa shape index (κ2) is 7.44. The first kappa shape index (κ1) is 17.6. The lowest BCUT2D eigenvalue weighted by Gasteiger charge is -2.29. The molecule has 0 unspecified atom stereocenters. The van der Waals surface area contributed by atoms with Gasteiger partial charge in [-0.1, -0.05) is 35.1 Å². The van der Waals surface area contributed by atoms with Crippen LogP contribution in [0, 0.1) is 6.92 Å². The third-order valence-corrected chi connectivity index (χ3v) is 6.01. The van der Waals surface area contributed by atoms with Gasteiger partial charge in [0.15, 0.2) is 5.01 Å². The highest BCUT2D eigenvalue weighted by Gasteiger charge is 2.24. The SMILES string of the molecule is Cc1cc(=O)n2nc(C[NH+]3CC[NH+](Cc4ccc(Cl)cc4)CC3)sc2n1. The molecule has 2 aromatic heterocycles. The minimum atomic E-state index is -0.0952. The highest BCUT2D eigenvalue weighted by molar-refractivity contribution is 7.16. The fourth-order valence-electron chi connectivity index (χ4n) is 3.45. The van der Waals surface area contributed by atoms with E-state index in [4.69, 9.17) is 11.6 Å². The van der Waals surface area contributed by atoms with Gasteiger partial charge in [0.25, 0.3) is 5.56 Å². The number of hydrogen-bond acceptors (Lipinski definition) is 4. The number of halogens is 1. The van der Waals surface area contributed by atoms with E-state index < -0.39 is 0 Å². The van der Waals surface area contributed by atoms with Gasteiger partial charge in [-0.05, 0) is 19.1 Å². The van der Waals surface area contributed by atoms with Crippen LogP contribution in [0.25, 0.3) is 4.96 Å². The Kier molecular flexibility index (Phi) is 5.04. The standard InChI is InChI=1S/C18H20ClN5OS/c1-13-10-17(25)24-18(20-13)26-16(21-24)12-23-8-6-22(7-9-23)11-14-2-4-15(19)5-3-14/h2-5,10H,6-9,11-12H2,1H3/p+2. The van der Waals surface area contributed by atoms with Crippen molar-refractivity contribution in [3.05, 3.63) is 62.0 Å². The highest BCUT2D eigenvalue weighted by atomic mass is 35.5. The van der Waals surface area contributed by atoms with E-state index in [1.54, 1.807) is 4.90 Å². The van der Waals surface area contributed by atoms with E-state index >= 15 is 0 Å². The zero-order chi connectivity index (χ0) is 18.1. The van der Waals surface area contributed by atoms with E-state index in [0.29, 0.717) is 4.96 Å². The summed E-state index contributed by atoms with van der Waals surface area (Å²) < 4.78 is 1.43. The average Bonchev–Trinajstić information content (AvgIpc) is 3.01. The zero-order valence-electron chi connectivity index (χ0n) is 14.7. The predicted molar refractivity (Wildman–Crippen MR) is 102 cm³/mol. The van der Waals surface area contributed by atoms with Gasteiger partial charge in [-0.15, -0.1) is 0 Å². The third-order valence-electron chi connectivity index (χ3n) is 4.85. The molecule has 0 aliphatic carbocycles. The summed E-state index contributed by atoms with van der Waals surface area (Å²) in [6.45, 7) is 8.25. The molecule has 2 N–H and O–H groups in total. The van der Waals surface area contributed by atoms with Gasteiger partial charge >= 0.3 is 0 Å². The molecule has 4 rings (SSSR count). The normalized spacial score (nSPS) is 20.5. The van der Waals surface area contributed by atoms with Gasteiger partial charge in [0, 0.05) is 22.3 Å². The number of hydrogen-bond donors (Lipinski definition) is 2. The van der Waals surface area contributed by atoms with Crippen molar-refractivity contribution < 1.29 is 9.80 Å². The second-order valence-corrected chi connectivity index (χ2v) is 8.38. The first-order valence-corrected chi connectivity index (χ1v) is 10.0. The van der Waals surface area contributed by atoms with E-state index in [-0.39, 0.29) is 5.56 Å². The summed E-state index contributed by atoms with van der Waals surface area (Å²) in [6.07, 6.45) is 0. The summed E-state index contributed by atoms with van der Waals surface area (Å²) >= 11 is 7.48. The molecule has 8 heteroatoms. The molecule has 0 radical (unpaired) electrons. The van der Waals surface area contributed by atoms with Gasteiger partial charge in [-0.25, -0.2) is 4.98 Å². The van der Waals surface area contributed by atoms with Gasteiger partial charge in [0.1, 0.15) is 39.3 Å². The van der Waals surface area contributed by atoms with E-state index in [9.17, 15) is 4.79 Å². The van der Waals surface area contributed by atoms with Crippen molar-refractivity contribution in [3.63, 3.8) is 0 Å². The summed E-state index contributed by atoms with van der Waals surface area (Å²) in [5.74, 6) is 0. The molecular weight excluding hydrogens is 370 g/mol. The van der Waals surface area contributed by atoms with Crippen molar-refractivity contribution >= 4 is 27.9 Å². The first-order chi connectivity index (χ1) is 12.6. The second-order valence-electron chi connectivity index (χ2n) is 6.91. The van der Waals surface area contributed by atoms with Crippen LogP contribution in [0.1, 0.15) is 16.3 Å². The van der Waals surface area contributed by atoms with Crippen molar-refractivity contribution in [2.24, 2.45) is 0 Å². The third kappa shape index (κ3) is 3.96. The Hall–Kier alpha value is -1.80. The van der Waals surface area contributed by atoms with Gasteiger partial charge in [0.2, 0.25) is 4.96 Å². The minimum absolute atomic E-state index is 0.0952.